The predicted molar refractivity (Wildman–Crippen MR) is 87.7 cm³/mol. The molecule has 0 atom stereocenters. The number of ether oxygens (including phenoxy) is 2. The third kappa shape index (κ3) is 5.32. The van der Waals surface area contributed by atoms with Gasteiger partial charge in [0, 0.05) is 11.4 Å². The summed E-state index contributed by atoms with van der Waals surface area (Å²) in [7, 11) is 0. The molecule has 0 aromatic heterocycles. The topological polar surface area (TPSA) is 59.3 Å². The van der Waals surface area contributed by atoms with Gasteiger partial charge in [0.25, 0.3) is 0 Å². The van der Waals surface area contributed by atoms with Crippen molar-refractivity contribution >= 4 is 17.6 Å². The molecule has 23 heavy (non-hydrogen) atoms. The van der Waals surface area contributed by atoms with Crippen molar-refractivity contribution in [2.24, 2.45) is 0 Å². The number of rotatable bonds is 6. The smallest absolute Gasteiger partial charge is 0.311 e. The summed E-state index contributed by atoms with van der Waals surface area (Å²) >= 11 is 5.95. The lowest BCUT2D eigenvalue weighted by atomic mass is 10.2. The van der Waals surface area contributed by atoms with E-state index >= 15 is 0 Å². The summed E-state index contributed by atoms with van der Waals surface area (Å²) in [4.78, 5) is 11.7. The number of esters is 1. The van der Waals surface area contributed by atoms with Crippen molar-refractivity contribution in [2.75, 3.05) is 6.61 Å². The Morgan fingerprint density at radius 1 is 1.22 bits per heavy atom. The van der Waals surface area contributed by atoms with Gasteiger partial charge in [0.05, 0.1) is 18.2 Å². The number of halogens is 1. The van der Waals surface area contributed by atoms with Crippen LogP contribution in [0.3, 0.4) is 0 Å². The third-order valence-corrected chi connectivity index (χ3v) is 3.54. The second kappa shape index (κ2) is 8.21. The maximum atomic E-state index is 11.7. The molecule has 2 rings (SSSR count). The van der Waals surface area contributed by atoms with Crippen LogP contribution in [-0.2, 0) is 4.79 Å². The van der Waals surface area contributed by atoms with Crippen LogP contribution in [0, 0.1) is 18.3 Å². The highest BCUT2D eigenvalue weighted by Crippen LogP contribution is 2.21. The summed E-state index contributed by atoms with van der Waals surface area (Å²) in [6.45, 7) is 2.32. The summed E-state index contributed by atoms with van der Waals surface area (Å²) in [6.07, 6.45) is 0.780. The predicted octanol–water partition coefficient (Wildman–Crippen LogP) is 4.28. The standard InChI is InChI=1S/C18H16ClNO3/c1-13-10-15(7-8-17(13)19)22-9-3-6-18(21)23-16-5-2-4-14(11-16)12-20/h2,4-5,7-8,10-11H,3,6,9H2,1H3. The van der Waals surface area contributed by atoms with Crippen LogP contribution in [0.4, 0.5) is 0 Å². The number of aryl methyl sites for hydroxylation is 1. The SMILES string of the molecule is Cc1cc(OCCCC(=O)Oc2cccc(C#N)c2)ccc1Cl. The lowest BCUT2D eigenvalue weighted by Crippen LogP contribution is -2.10. The van der Waals surface area contributed by atoms with E-state index in [4.69, 9.17) is 26.3 Å². The van der Waals surface area contributed by atoms with Gasteiger partial charge in [-0.1, -0.05) is 17.7 Å². The fraction of sp³-hybridized carbons (Fsp3) is 0.222. The Kier molecular flexibility index (Phi) is 6.02. The normalized spacial score (nSPS) is 9.96. The van der Waals surface area contributed by atoms with Crippen LogP contribution in [0.1, 0.15) is 24.0 Å². The summed E-state index contributed by atoms with van der Waals surface area (Å²) in [6, 6.07) is 13.9. The molecule has 118 valence electrons. The van der Waals surface area contributed by atoms with E-state index in [1.807, 2.05) is 19.1 Å². The van der Waals surface area contributed by atoms with Gasteiger partial charge in [-0.3, -0.25) is 4.79 Å². The van der Waals surface area contributed by atoms with Crippen molar-refractivity contribution in [2.45, 2.75) is 19.8 Å². The van der Waals surface area contributed by atoms with Crippen molar-refractivity contribution in [1.29, 1.82) is 5.26 Å². The molecule has 2 aromatic rings. The van der Waals surface area contributed by atoms with Gasteiger partial charge in [-0.25, -0.2) is 0 Å². The largest absolute Gasteiger partial charge is 0.494 e. The van der Waals surface area contributed by atoms with E-state index in [2.05, 4.69) is 0 Å². The summed E-state index contributed by atoms with van der Waals surface area (Å²) in [5.41, 5.74) is 1.40. The first-order chi connectivity index (χ1) is 11.1. The summed E-state index contributed by atoms with van der Waals surface area (Å²) in [5.74, 6) is 0.751. The van der Waals surface area contributed by atoms with Crippen molar-refractivity contribution in [3.8, 4) is 17.6 Å². The number of carbonyl (C=O) groups is 1. The highest BCUT2D eigenvalue weighted by atomic mass is 35.5. The minimum atomic E-state index is -0.351. The molecule has 0 saturated carbocycles. The zero-order chi connectivity index (χ0) is 16.7. The van der Waals surface area contributed by atoms with Crippen molar-refractivity contribution in [3.05, 3.63) is 58.6 Å². The van der Waals surface area contributed by atoms with E-state index in [1.54, 1.807) is 30.3 Å². The van der Waals surface area contributed by atoms with Gasteiger partial charge in [-0.2, -0.15) is 5.26 Å². The van der Waals surface area contributed by atoms with E-state index in [0.29, 0.717) is 29.4 Å². The van der Waals surface area contributed by atoms with Crippen LogP contribution in [-0.4, -0.2) is 12.6 Å². The van der Waals surface area contributed by atoms with Gasteiger partial charge in [-0.15, -0.1) is 0 Å². The number of carbonyl (C=O) groups excluding carboxylic acids is 1. The van der Waals surface area contributed by atoms with Crippen LogP contribution in [0.2, 0.25) is 5.02 Å². The Hall–Kier alpha value is -2.51. The van der Waals surface area contributed by atoms with Gasteiger partial charge in [0.2, 0.25) is 0 Å². The van der Waals surface area contributed by atoms with Crippen LogP contribution in [0.5, 0.6) is 11.5 Å². The molecule has 0 heterocycles. The second-order valence-corrected chi connectivity index (χ2v) is 5.38. The van der Waals surface area contributed by atoms with Crippen molar-refractivity contribution < 1.29 is 14.3 Å². The molecule has 0 aliphatic heterocycles. The molecule has 0 radical (unpaired) electrons. The molecule has 0 fully saturated rings. The lowest BCUT2D eigenvalue weighted by molar-refractivity contribution is -0.134. The highest BCUT2D eigenvalue weighted by molar-refractivity contribution is 6.31. The zero-order valence-electron chi connectivity index (χ0n) is 12.7. The van der Waals surface area contributed by atoms with Gasteiger partial charge < -0.3 is 9.47 Å². The quantitative estimate of drug-likeness (QED) is 0.451. The first-order valence-electron chi connectivity index (χ1n) is 7.18. The monoisotopic (exact) mass is 329 g/mol. The van der Waals surface area contributed by atoms with Crippen LogP contribution in [0.25, 0.3) is 0 Å². The van der Waals surface area contributed by atoms with Crippen molar-refractivity contribution in [1.82, 2.24) is 0 Å². The summed E-state index contributed by atoms with van der Waals surface area (Å²) < 4.78 is 10.8. The summed E-state index contributed by atoms with van der Waals surface area (Å²) in [5, 5.41) is 9.49. The molecule has 5 heteroatoms. The number of nitriles is 1. The van der Waals surface area contributed by atoms with E-state index in [1.165, 1.54) is 6.07 Å². The molecule has 0 saturated heterocycles. The van der Waals surface area contributed by atoms with Crippen molar-refractivity contribution in [3.63, 3.8) is 0 Å². The number of nitrogens with zero attached hydrogens (tertiary/aromatic N) is 1. The minimum Gasteiger partial charge on any atom is -0.494 e. The molecular weight excluding hydrogens is 314 g/mol. The molecule has 0 aliphatic carbocycles. The highest BCUT2D eigenvalue weighted by Gasteiger charge is 2.06. The van der Waals surface area contributed by atoms with E-state index in [9.17, 15) is 4.79 Å². The average Bonchev–Trinajstić information content (AvgIpc) is 2.55. The van der Waals surface area contributed by atoms with Gasteiger partial charge in [-0.05, 0) is 55.3 Å². The molecule has 0 bridgehead atoms. The maximum absolute atomic E-state index is 11.7. The molecule has 0 N–H and O–H groups in total. The van der Waals surface area contributed by atoms with Crippen LogP contribution >= 0.6 is 11.6 Å². The molecule has 0 aliphatic rings. The number of hydrogen-bond donors (Lipinski definition) is 0. The van der Waals surface area contributed by atoms with Crippen LogP contribution in [0.15, 0.2) is 42.5 Å². The Balaban J connectivity index is 1.74. The van der Waals surface area contributed by atoms with E-state index < -0.39 is 0 Å². The molecule has 0 unspecified atom stereocenters. The third-order valence-electron chi connectivity index (χ3n) is 3.12. The fourth-order valence-electron chi connectivity index (χ4n) is 1.93. The number of hydrogen-bond acceptors (Lipinski definition) is 4. The van der Waals surface area contributed by atoms with E-state index in [-0.39, 0.29) is 12.4 Å². The Bertz CT molecular complexity index is 737. The van der Waals surface area contributed by atoms with Gasteiger partial charge in [0.1, 0.15) is 11.5 Å². The Morgan fingerprint density at radius 3 is 2.78 bits per heavy atom. The molecule has 2 aromatic carbocycles. The first kappa shape index (κ1) is 16.9. The zero-order valence-corrected chi connectivity index (χ0v) is 13.5. The first-order valence-corrected chi connectivity index (χ1v) is 7.56. The van der Waals surface area contributed by atoms with Gasteiger partial charge in [0.15, 0.2) is 0 Å². The molecular formula is C18H16ClNO3. The van der Waals surface area contributed by atoms with Gasteiger partial charge >= 0.3 is 5.97 Å². The molecule has 0 amide bonds. The fourth-order valence-corrected chi connectivity index (χ4v) is 2.04. The van der Waals surface area contributed by atoms with Crippen LogP contribution < -0.4 is 9.47 Å². The van der Waals surface area contributed by atoms with E-state index in [0.717, 1.165) is 11.3 Å². The minimum absolute atomic E-state index is 0.239. The maximum Gasteiger partial charge on any atom is 0.311 e. The Labute approximate surface area is 140 Å². The number of benzene rings is 2. The molecule has 0 spiro atoms. The molecule has 4 nitrogen and oxygen atoms in total. The Morgan fingerprint density at radius 2 is 2.04 bits per heavy atom. The second-order valence-electron chi connectivity index (χ2n) is 4.98. The average molecular weight is 330 g/mol. The lowest BCUT2D eigenvalue weighted by Gasteiger charge is -2.08.